The SMILES string of the molecule is Cc1ccc(C)c(OS(=O)NCC(C)(C)c2nc3cc(Nc4ccccc4)nn3[nH]2)c1. The van der Waals surface area contributed by atoms with Gasteiger partial charge in [0.15, 0.2) is 11.5 Å². The maximum atomic E-state index is 12.4. The van der Waals surface area contributed by atoms with Gasteiger partial charge < -0.3 is 9.50 Å². The Bertz CT molecular complexity index is 1180. The van der Waals surface area contributed by atoms with E-state index in [4.69, 9.17) is 4.18 Å². The van der Waals surface area contributed by atoms with Crippen molar-refractivity contribution < 1.29 is 8.39 Å². The third-order valence-electron chi connectivity index (χ3n) is 4.96. The van der Waals surface area contributed by atoms with E-state index in [-0.39, 0.29) is 0 Å². The minimum Gasteiger partial charge on any atom is -0.389 e. The zero-order valence-electron chi connectivity index (χ0n) is 18.0. The first kappa shape index (κ1) is 21.1. The molecule has 2 heterocycles. The van der Waals surface area contributed by atoms with Gasteiger partial charge in [-0.2, -0.15) is 8.84 Å². The van der Waals surface area contributed by atoms with Gasteiger partial charge in [0.25, 0.3) is 11.3 Å². The molecule has 0 aliphatic carbocycles. The van der Waals surface area contributed by atoms with E-state index in [0.29, 0.717) is 23.8 Å². The Balaban J connectivity index is 1.40. The zero-order valence-corrected chi connectivity index (χ0v) is 18.8. The lowest BCUT2D eigenvalue weighted by Gasteiger charge is -2.21. The van der Waals surface area contributed by atoms with Crippen molar-refractivity contribution in [3.8, 4) is 5.75 Å². The fourth-order valence-electron chi connectivity index (χ4n) is 3.04. The van der Waals surface area contributed by atoms with E-state index >= 15 is 0 Å². The van der Waals surface area contributed by atoms with Crippen molar-refractivity contribution in [2.24, 2.45) is 0 Å². The molecule has 0 saturated heterocycles. The Morgan fingerprint density at radius 2 is 1.90 bits per heavy atom. The summed E-state index contributed by atoms with van der Waals surface area (Å²) in [5.74, 6) is 2.05. The van der Waals surface area contributed by atoms with Gasteiger partial charge in [-0.05, 0) is 43.2 Å². The molecular formula is C22H26N6O2S. The van der Waals surface area contributed by atoms with Crippen LogP contribution in [0.4, 0.5) is 11.5 Å². The quantitative estimate of drug-likeness (QED) is 0.387. The lowest BCUT2D eigenvalue weighted by atomic mass is 9.93. The Hall–Kier alpha value is -3.17. The maximum absolute atomic E-state index is 12.4. The topological polar surface area (TPSA) is 96.3 Å². The van der Waals surface area contributed by atoms with E-state index in [0.717, 1.165) is 22.6 Å². The summed E-state index contributed by atoms with van der Waals surface area (Å²) in [5, 5.41) is 10.9. The summed E-state index contributed by atoms with van der Waals surface area (Å²) in [6.45, 7) is 8.32. The van der Waals surface area contributed by atoms with Gasteiger partial charge in [0.05, 0.1) is 0 Å². The van der Waals surface area contributed by atoms with E-state index < -0.39 is 16.7 Å². The van der Waals surface area contributed by atoms with Gasteiger partial charge in [-0.25, -0.2) is 9.71 Å². The molecule has 8 nitrogen and oxygen atoms in total. The Kier molecular flexibility index (Phi) is 5.79. The first-order valence-corrected chi connectivity index (χ1v) is 11.1. The number of anilines is 2. The summed E-state index contributed by atoms with van der Waals surface area (Å²) < 4.78 is 22.6. The van der Waals surface area contributed by atoms with Crippen LogP contribution in [0, 0.1) is 13.8 Å². The van der Waals surface area contributed by atoms with E-state index in [2.05, 4.69) is 25.2 Å². The number of rotatable bonds is 8. The highest BCUT2D eigenvalue weighted by molar-refractivity contribution is 7.78. The summed E-state index contributed by atoms with van der Waals surface area (Å²) >= 11 is -1.67. The first-order valence-electron chi connectivity index (χ1n) is 9.99. The monoisotopic (exact) mass is 438 g/mol. The van der Waals surface area contributed by atoms with Crippen LogP contribution < -0.4 is 14.2 Å². The fraction of sp³-hybridized carbons (Fsp3) is 0.273. The Morgan fingerprint density at radius 3 is 2.65 bits per heavy atom. The number of aromatic amines is 1. The molecule has 2 aromatic heterocycles. The third kappa shape index (κ3) is 4.95. The van der Waals surface area contributed by atoms with Gasteiger partial charge in [-0.1, -0.05) is 44.2 Å². The molecule has 3 N–H and O–H groups in total. The van der Waals surface area contributed by atoms with Crippen molar-refractivity contribution >= 4 is 28.4 Å². The molecular weight excluding hydrogens is 412 g/mol. The predicted molar refractivity (Wildman–Crippen MR) is 123 cm³/mol. The van der Waals surface area contributed by atoms with Gasteiger partial charge in [-0.15, -0.1) is 5.10 Å². The van der Waals surface area contributed by atoms with Gasteiger partial charge in [0, 0.05) is 23.7 Å². The van der Waals surface area contributed by atoms with Crippen molar-refractivity contribution in [2.75, 3.05) is 11.9 Å². The average molecular weight is 439 g/mol. The van der Waals surface area contributed by atoms with Crippen molar-refractivity contribution in [1.82, 2.24) is 24.5 Å². The number of aromatic nitrogens is 4. The highest BCUT2D eigenvalue weighted by atomic mass is 32.2. The highest BCUT2D eigenvalue weighted by Gasteiger charge is 2.26. The Morgan fingerprint density at radius 1 is 1.13 bits per heavy atom. The molecule has 0 bridgehead atoms. The largest absolute Gasteiger partial charge is 0.389 e. The summed E-state index contributed by atoms with van der Waals surface area (Å²) in [6, 6.07) is 17.5. The molecule has 9 heteroatoms. The smallest absolute Gasteiger partial charge is 0.288 e. The number of nitrogens with one attached hydrogen (secondary N) is 3. The van der Waals surface area contributed by atoms with Crippen LogP contribution in [0.5, 0.6) is 5.75 Å². The summed E-state index contributed by atoms with van der Waals surface area (Å²) in [7, 11) is 0. The third-order valence-corrected chi connectivity index (χ3v) is 5.67. The van der Waals surface area contributed by atoms with Crippen LogP contribution in [0.2, 0.25) is 0 Å². The minimum absolute atomic E-state index is 0.399. The standard InChI is InChI=1S/C22H26N6O2S/c1-15-10-11-16(2)18(12-15)30-31(29)23-14-22(3,4)21-25-20-13-19(26-28(20)27-21)24-17-8-6-5-7-9-17/h5-13,23H,14H2,1-4H3,(H,24,26)(H,25,27). The van der Waals surface area contributed by atoms with Crippen LogP contribution in [-0.2, 0) is 16.7 Å². The number of para-hydroxylation sites is 1. The number of hydrogen-bond donors (Lipinski definition) is 3. The lowest BCUT2D eigenvalue weighted by Crippen LogP contribution is -2.36. The number of H-pyrrole nitrogens is 1. The second kappa shape index (κ2) is 8.52. The second-order valence-corrected chi connectivity index (χ2v) is 9.08. The van der Waals surface area contributed by atoms with Crippen molar-refractivity contribution in [2.45, 2.75) is 33.1 Å². The number of nitrogens with zero attached hydrogens (tertiary/aromatic N) is 3. The van der Waals surface area contributed by atoms with Crippen LogP contribution in [0.1, 0.15) is 30.8 Å². The molecule has 2 aromatic carbocycles. The normalized spacial score (nSPS) is 12.8. The second-order valence-electron chi connectivity index (χ2n) is 8.15. The maximum Gasteiger partial charge on any atom is 0.288 e. The van der Waals surface area contributed by atoms with Crippen LogP contribution in [0.3, 0.4) is 0 Å². The summed E-state index contributed by atoms with van der Waals surface area (Å²) in [4.78, 5) is 4.66. The number of benzene rings is 2. The van der Waals surface area contributed by atoms with Crippen LogP contribution in [0.25, 0.3) is 5.65 Å². The summed E-state index contributed by atoms with van der Waals surface area (Å²) in [6.07, 6.45) is 0. The van der Waals surface area contributed by atoms with Crippen molar-refractivity contribution in [3.63, 3.8) is 0 Å². The number of fused-ring (bicyclic) bond motifs is 1. The van der Waals surface area contributed by atoms with Gasteiger partial charge >= 0.3 is 0 Å². The highest BCUT2D eigenvalue weighted by Crippen LogP contribution is 2.23. The predicted octanol–water partition coefficient (Wildman–Crippen LogP) is 3.94. The van der Waals surface area contributed by atoms with Crippen LogP contribution in [0.15, 0.2) is 54.6 Å². The van der Waals surface area contributed by atoms with E-state index in [9.17, 15) is 4.21 Å². The molecule has 4 aromatic rings. The molecule has 162 valence electrons. The first-order chi connectivity index (χ1) is 14.8. The molecule has 0 spiro atoms. The molecule has 0 aliphatic heterocycles. The molecule has 1 atom stereocenters. The molecule has 0 radical (unpaired) electrons. The van der Waals surface area contributed by atoms with E-state index in [1.807, 2.05) is 82.3 Å². The van der Waals surface area contributed by atoms with Gasteiger partial charge in [0.1, 0.15) is 11.6 Å². The molecule has 1 unspecified atom stereocenters. The van der Waals surface area contributed by atoms with Crippen molar-refractivity contribution in [1.29, 1.82) is 0 Å². The molecule has 4 rings (SSSR count). The van der Waals surface area contributed by atoms with Crippen LogP contribution in [-0.4, -0.2) is 30.6 Å². The lowest BCUT2D eigenvalue weighted by molar-refractivity contribution is 0.467. The number of aryl methyl sites for hydroxylation is 2. The summed E-state index contributed by atoms with van der Waals surface area (Å²) in [5.41, 5.74) is 3.23. The van der Waals surface area contributed by atoms with E-state index in [1.54, 1.807) is 4.63 Å². The molecule has 0 aliphatic rings. The molecule has 31 heavy (non-hydrogen) atoms. The molecule has 0 amide bonds. The van der Waals surface area contributed by atoms with Gasteiger partial charge in [0.2, 0.25) is 0 Å². The average Bonchev–Trinajstić information content (AvgIpc) is 3.29. The molecule has 0 saturated carbocycles. The molecule has 0 fully saturated rings. The zero-order chi connectivity index (χ0) is 22.0. The van der Waals surface area contributed by atoms with Crippen molar-refractivity contribution in [3.05, 3.63) is 71.5 Å². The fourth-order valence-corrected chi connectivity index (χ4v) is 3.92. The van der Waals surface area contributed by atoms with E-state index in [1.165, 1.54) is 0 Å². The number of hydrogen-bond acceptors (Lipinski definition) is 5. The van der Waals surface area contributed by atoms with Gasteiger partial charge in [-0.3, -0.25) is 5.10 Å². The Labute approximate surface area is 183 Å². The minimum atomic E-state index is -1.67. The van der Waals surface area contributed by atoms with Crippen LogP contribution >= 0.6 is 0 Å².